The summed E-state index contributed by atoms with van der Waals surface area (Å²) in [5.74, 6) is 0.625. The van der Waals surface area contributed by atoms with Crippen LogP contribution < -0.4 is 4.74 Å². The fourth-order valence-corrected chi connectivity index (χ4v) is 3.86. The van der Waals surface area contributed by atoms with Crippen molar-refractivity contribution in [1.82, 2.24) is 4.57 Å². The Morgan fingerprint density at radius 1 is 0.929 bits per heavy atom. The molecule has 1 aromatic heterocycles. The zero-order chi connectivity index (χ0) is 19.5. The fourth-order valence-electron chi connectivity index (χ4n) is 3.86. The molecule has 1 heterocycles. The Kier molecular flexibility index (Phi) is 5.16. The number of aryl methyl sites for hydroxylation is 1. The topological polar surface area (TPSA) is 31.2 Å². The number of ketones is 1. The zero-order valence-electron chi connectivity index (χ0n) is 16.4. The molecule has 3 heteroatoms. The Morgan fingerprint density at radius 2 is 1.64 bits per heavy atom. The van der Waals surface area contributed by atoms with Gasteiger partial charge in [-0.25, -0.2) is 0 Å². The van der Waals surface area contributed by atoms with Crippen molar-refractivity contribution in [3.05, 3.63) is 78.0 Å². The lowest BCUT2D eigenvalue weighted by Crippen LogP contribution is -2.04. The second-order valence-electron chi connectivity index (χ2n) is 7.19. The average molecular weight is 371 g/mol. The van der Waals surface area contributed by atoms with Crippen LogP contribution in [-0.2, 0) is 6.54 Å². The predicted molar refractivity (Wildman–Crippen MR) is 115 cm³/mol. The molecule has 0 spiro atoms. The molecule has 3 aromatic carbocycles. The van der Waals surface area contributed by atoms with Crippen LogP contribution in [0.25, 0.3) is 21.7 Å². The number of carbonyl (C=O) groups is 1. The molecule has 28 heavy (non-hydrogen) atoms. The van der Waals surface area contributed by atoms with Crippen LogP contribution in [0.2, 0.25) is 0 Å². The molecule has 0 saturated heterocycles. The molecule has 0 radical (unpaired) electrons. The largest absolute Gasteiger partial charge is 0.496 e. The minimum Gasteiger partial charge on any atom is -0.496 e. The van der Waals surface area contributed by atoms with Crippen molar-refractivity contribution in [1.29, 1.82) is 0 Å². The summed E-state index contributed by atoms with van der Waals surface area (Å²) >= 11 is 0. The Bertz CT molecular complexity index is 1140. The monoisotopic (exact) mass is 371 g/mol. The zero-order valence-corrected chi connectivity index (χ0v) is 16.4. The summed E-state index contributed by atoms with van der Waals surface area (Å²) < 4.78 is 7.78. The average Bonchev–Trinajstić information content (AvgIpc) is 3.11. The van der Waals surface area contributed by atoms with E-state index in [0.29, 0.717) is 11.3 Å². The lowest BCUT2D eigenvalue weighted by atomic mass is 9.98. The summed E-state index contributed by atoms with van der Waals surface area (Å²) in [6.07, 6.45) is 5.49. The van der Waals surface area contributed by atoms with Gasteiger partial charge in [0.25, 0.3) is 0 Å². The Balaban J connectivity index is 1.82. The number of hydrogen-bond acceptors (Lipinski definition) is 2. The molecule has 0 unspecified atom stereocenters. The third-order valence-corrected chi connectivity index (χ3v) is 5.35. The SMILES string of the molecule is CCCCCn1cc(C(=O)c2cc3ccccc3cc2OC)c2ccccc21. The van der Waals surface area contributed by atoms with E-state index in [9.17, 15) is 4.79 Å². The molecule has 4 aromatic rings. The molecule has 0 N–H and O–H groups in total. The molecule has 0 fully saturated rings. The van der Waals surface area contributed by atoms with Crippen molar-refractivity contribution in [3.8, 4) is 5.75 Å². The number of benzene rings is 3. The first kappa shape index (κ1) is 18.3. The molecule has 4 rings (SSSR count). The second kappa shape index (κ2) is 7.89. The maximum Gasteiger partial charge on any atom is 0.198 e. The molecule has 0 saturated carbocycles. The van der Waals surface area contributed by atoms with Crippen LogP contribution in [0.15, 0.2) is 66.9 Å². The molecule has 0 atom stereocenters. The van der Waals surface area contributed by atoms with Gasteiger partial charge < -0.3 is 9.30 Å². The molecule has 0 bridgehead atoms. The van der Waals surface area contributed by atoms with E-state index in [1.165, 1.54) is 12.8 Å². The van der Waals surface area contributed by atoms with Crippen LogP contribution in [0, 0.1) is 0 Å². The van der Waals surface area contributed by atoms with Gasteiger partial charge in [-0.05, 0) is 35.4 Å². The molecule has 0 amide bonds. The van der Waals surface area contributed by atoms with Crippen molar-refractivity contribution in [2.24, 2.45) is 0 Å². The standard InChI is InChI=1S/C25H25NO2/c1-3-4-9-14-26-17-22(20-12-7-8-13-23(20)26)25(27)21-15-18-10-5-6-11-19(18)16-24(21)28-2/h5-8,10-13,15-17H,3-4,9,14H2,1-2H3. The molecular formula is C25H25NO2. The number of rotatable bonds is 7. The Hall–Kier alpha value is -3.07. The number of nitrogens with zero attached hydrogens (tertiary/aromatic N) is 1. The Labute approximate surface area is 165 Å². The van der Waals surface area contributed by atoms with Crippen LogP contribution in [-0.4, -0.2) is 17.5 Å². The molecule has 142 valence electrons. The van der Waals surface area contributed by atoms with Gasteiger partial charge in [0.1, 0.15) is 5.75 Å². The number of unbranched alkanes of at least 4 members (excludes halogenated alkanes) is 2. The normalized spacial score (nSPS) is 11.2. The van der Waals surface area contributed by atoms with Gasteiger partial charge in [-0.15, -0.1) is 0 Å². The van der Waals surface area contributed by atoms with Crippen molar-refractivity contribution >= 4 is 27.5 Å². The smallest absolute Gasteiger partial charge is 0.198 e. The van der Waals surface area contributed by atoms with E-state index < -0.39 is 0 Å². The molecule has 0 aliphatic heterocycles. The van der Waals surface area contributed by atoms with Crippen LogP contribution >= 0.6 is 0 Å². The number of ether oxygens (including phenoxy) is 1. The van der Waals surface area contributed by atoms with E-state index in [-0.39, 0.29) is 5.78 Å². The summed E-state index contributed by atoms with van der Waals surface area (Å²) in [6.45, 7) is 3.13. The number of fused-ring (bicyclic) bond motifs is 2. The van der Waals surface area contributed by atoms with Gasteiger partial charge in [-0.2, -0.15) is 0 Å². The summed E-state index contributed by atoms with van der Waals surface area (Å²) in [5, 5.41) is 3.11. The van der Waals surface area contributed by atoms with Crippen LogP contribution in [0.5, 0.6) is 5.75 Å². The quantitative estimate of drug-likeness (QED) is 0.285. The third kappa shape index (κ3) is 3.29. The van der Waals surface area contributed by atoms with Gasteiger partial charge in [-0.3, -0.25) is 4.79 Å². The first-order chi connectivity index (χ1) is 13.7. The predicted octanol–water partition coefficient (Wildman–Crippen LogP) is 6.22. The summed E-state index contributed by atoms with van der Waals surface area (Å²) in [7, 11) is 1.62. The van der Waals surface area contributed by atoms with E-state index in [4.69, 9.17) is 4.74 Å². The van der Waals surface area contributed by atoms with E-state index >= 15 is 0 Å². The molecular weight excluding hydrogens is 346 g/mol. The third-order valence-electron chi connectivity index (χ3n) is 5.35. The second-order valence-corrected chi connectivity index (χ2v) is 7.19. The van der Waals surface area contributed by atoms with Crippen molar-refractivity contribution in [2.75, 3.05) is 7.11 Å². The van der Waals surface area contributed by atoms with Gasteiger partial charge >= 0.3 is 0 Å². The van der Waals surface area contributed by atoms with E-state index in [2.05, 4.69) is 17.6 Å². The van der Waals surface area contributed by atoms with Gasteiger partial charge in [0.05, 0.1) is 12.7 Å². The lowest BCUT2D eigenvalue weighted by Gasteiger charge is -2.09. The minimum absolute atomic E-state index is 0.00745. The maximum atomic E-state index is 13.5. The van der Waals surface area contributed by atoms with Crippen LogP contribution in [0.4, 0.5) is 0 Å². The van der Waals surface area contributed by atoms with Crippen molar-refractivity contribution in [2.45, 2.75) is 32.7 Å². The highest BCUT2D eigenvalue weighted by molar-refractivity contribution is 6.18. The highest BCUT2D eigenvalue weighted by atomic mass is 16.5. The summed E-state index contributed by atoms with van der Waals surface area (Å²) in [6, 6.07) is 20.1. The van der Waals surface area contributed by atoms with E-state index in [1.807, 2.05) is 60.8 Å². The minimum atomic E-state index is 0.00745. The Morgan fingerprint density at radius 3 is 2.39 bits per heavy atom. The maximum absolute atomic E-state index is 13.5. The van der Waals surface area contributed by atoms with E-state index in [1.54, 1.807) is 7.11 Å². The van der Waals surface area contributed by atoms with Crippen LogP contribution in [0.3, 0.4) is 0 Å². The van der Waals surface area contributed by atoms with Gasteiger partial charge in [0.2, 0.25) is 0 Å². The highest BCUT2D eigenvalue weighted by Crippen LogP contribution is 2.31. The summed E-state index contributed by atoms with van der Waals surface area (Å²) in [5.41, 5.74) is 2.46. The van der Waals surface area contributed by atoms with Gasteiger partial charge in [0, 0.05) is 29.2 Å². The fraction of sp³-hybridized carbons (Fsp3) is 0.240. The van der Waals surface area contributed by atoms with E-state index in [0.717, 1.165) is 40.2 Å². The number of hydrogen-bond donors (Lipinski definition) is 0. The lowest BCUT2D eigenvalue weighted by molar-refractivity contribution is 0.103. The van der Waals surface area contributed by atoms with Crippen molar-refractivity contribution < 1.29 is 9.53 Å². The number of para-hydroxylation sites is 1. The highest BCUT2D eigenvalue weighted by Gasteiger charge is 2.20. The first-order valence-electron chi connectivity index (χ1n) is 9.92. The number of methoxy groups -OCH3 is 1. The van der Waals surface area contributed by atoms with Crippen LogP contribution in [0.1, 0.15) is 42.1 Å². The first-order valence-corrected chi connectivity index (χ1v) is 9.92. The molecule has 3 nitrogen and oxygen atoms in total. The number of aromatic nitrogens is 1. The van der Waals surface area contributed by atoms with Crippen molar-refractivity contribution in [3.63, 3.8) is 0 Å². The molecule has 0 aliphatic carbocycles. The van der Waals surface area contributed by atoms with Gasteiger partial charge in [0.15, 0.2) is 5.78 Å². The van der Waals surface area contributed by atoms with Gasteiger partial charge in [-0.1, -0.05) is 62.2 Å². The summed E-state index contributed by atoms with van der Waals surface area (Å²) in [4.78, 5) is 13.5. The number of carbonyl (C=O) groups excluding carboxylic acids is 1. The molecule has 0 aliphatic rings.